The summed E-state index contributed by atoms with van der Waals surface area (Å²) in [7, 11) is 0. The summed E-state index contributed by atoms with van der Waals surface area (Å²) in [6, 6.07) is 3.53. The Labute approximate surface area is 123 Å². The van der Waals surface area contributed by atoms with E-state index in [2.05, 4.69) is 20.2 Å². The summed E-state index contributed by atoms with van der Waals surface area (Å²) in [4.78, 5) is 23.1. The van der Waals surface area contributed by atoms with Crippen LogP contribution in [0.4, 0.5) is 5.95 Å². The fourth-order valence-electron chi connectivity index (χ4n) is 2.43. The van der Waals surface area contributed by atoms with Crippen molar-refractivity contribution < 1.29 is 9.21 Å². The van der Waals surface area contributed by atoms with Gasteiger partial charge in [-0.3, -0.25) is 4.79 Å². The second-order valence-corrected chi connectivity index (χ2v) is 5.19. The molecule has 0 bridgehead atoms. The molecule has 3 heterocycles. The summed E-state index contributed by atoms with van der Waals surface area (Å²) < 4.78 is 4.90. The van der Waals surface area contributed by atoms with E-state index in [1.165, 1.54) is 25.4 Å². The number of hydrogen-bond donors (Lipinski definition) is 1. The van der Waals surface area contributed by atoms with Gasteiger partial charge < -0.3 is 14.6 Å². The number of anilines is 1. The van der Waals surface area contributed by atoms with Gasteiger partial charge in [-0.05, 0) is 31.9 Å². The molecular formula is C15H18N4O2. The van der Waals surface area contributed by atoms with Crippen molar-refractivity contribution in [2.45, 2.75) is 26.3 Å². The molecule has 1 amide bonds. The van der Waals surface area contributed by atoms with Crippen LogP contribution >= 0.6 is 0 Å². The highest BCUT2D eigenvalue weighted by molar-refractivity contribution is 5.93. The lowest BCUT2D eigenvalue weighted by Crippen LogP contribution is -2.25. The smallest absolute Gasteiger partial charge is 0.254 e. The normalized spacial score (nSPS) is 14.4. The number of aromatic nitrogens is 2. The number of hydrogen-bond acceptors (Lipinski definition) is 5. The van der Waals surface area contributed by atoms with Crippen LogP contribution < -0.4 is 10.2 Å². The summed E-state index contributed by atoms with van der Waals surface area (Å²) in [5.41, 5.74) is 2.25. The zero-order valence-electron chi connectivity index (χ0n) is 12.0. The van der Waals surface area contributed by atoms with E-state index in [-0.39, 0.29) is 5.91 Å². The lowest BCUT2D eigenvalue weighted by molar-refractivity contribution is 0.0949. The molecule has 1 aliphatic rings. The molecule has 110 valence electrons. The first kappa shape index (κ1) is 13.6. The number of nitrogens with zero attached hydrogens (tertiary/aromatic N) is 3. The molecule has 0 aliphatic carbocycles. The highest BCUT2D eigenvalue weighted by Gasteiger charge is 2.16. The highest BCUT2D eigenvalue weighted by Crippen LogP contribution is 2.16. The standard InChI is InChI=1S/C15H18N4O2/c1-11-8-13(9-16-14(20)12-4-7-21-10-12)18-15(17-11)19-5-2-3-6-19/h4,7-8,10H,2-3,5-6,9H2,1H3,(H,16,20). The zero-order valence-corrected chi connectivity index (χ0v) is 12.0. The van der Waals surface area contributed by atoms with Crippen LogP contribution in [0.3, 0.4) is 0 Å². The van der Waals surface area contributed by atoms with E-state index in [1.807, 2.05) is 13.0 Å². The maximum atomic E-state index is 11.9. The third-order valence-electron chi connectivity index (χ3n) is 3.50. The molecule has 0 unspecified atom stereocenters. The zero-order chi connectivity index (χ0) is 14.7. The van der Waals surface area contributed by atoms with Crippen LogP contribution in [0, 0.1) is 6.92 Å². The van der Waals surface area contributed by atoms with Crippen molar-refractivity contribution >= 4 is 11.9 Å². The average Bonchev–Trinajstić information content (AvgIpc) is 3.16. The van der Waals surface area contributed by atoms with Crippen molar-refractivity contribution in [3.05, 3.63) is 41.6 Å². The predicted molar refractivity (Wildman–Crippen MR) is 78.1 cm³/mol. The van der Waals surface area contributed by atoms with Gasteiger partial charge in [0.15, 0.2) is 0 Å². The first-order valence-corrected chi connectivity index (χ1v) is 7.12. The molecule has 3 rings (SSSR count). The van der Waals surface area contributed by atoms with Gasteiger partial charge >= 0.3 is 0 Å². The number of carbonyl (C=O) groups is 1. The van der Waals surface area contributed by atoms with Gasteiger partial charge in [0, 0.05) is 18.8 Å². The largest absolute Gasteiger partial charge is 0.472 e. The summed E-state index contributed by atoms with van der Waals surface area (Å²) in [6.07, 6.45) is 5.28. The lowest BCUT2D eigenvalue weighted by atomic mass is 10.3. The number of nitrogens with one attached hydrogen (secondary N) is 1. The SMILES string of the molecule is Cc1cc(CNC(=O)c2ccoc2)nc(N2CCCC2)n1. The molecule has 6 heteroatoms. The Balaban J connectivity index is 1.69. The molecule has 1 N–H and O–H groups in total. The van der Waals surface area contributed by atoms with Gasteiger partial charge in [0.05, 0.1) is 24.1 Å². The van der Waals surface area contributed by atoms with E-state index in [9.17, 15) is 4.79 Å². The van der Waals surface area contributed by atoms with Crippen LogP contribution in [0.5, 0.6) is 0 Å². The number of rotatable bonds is 4. The quantitative estimate of drug-likeness (QED) is 0.929. The highest BCUT2D eigenvalue weighted by atomic mass is 16.3. The minimum Gasteiger partial charge on any atom is -0.472 e. The number of furan rings is 1. The summed E-state index contributed by atoms with van der Waals surface area (Å²) in [5, 5.41) is 2.84. The monoisotopic (exact) mass is 286 g/mol. The summed E-state index contributed by atoms with van der Waals surface area (Å²) in [6.45, 7) is 4.34. The van der Waals surface area contributed by atoms with E-state index in [0.717, 1.165) is 30.4 Å². The van der Waals surface area contributed by atoms with Crippen LogP contribution in [0.1, 0.15) is 34.6 Å². The van der Waals surface area contributed by atoms with Gasteiger partial charge in [-0.1, -0.05) is 0 Å². The molecule has 0 saturated carbocycles. The van der Waals surface area contributed by atoms with Crippen molar-refractivity contribution in [1.29, 1.82) is 0 Å². The summed E-state index contributed by atoms with van der Waals surface area (Å²) in [5.74, 6) is 0.600. The van der Waals surface area contributed by atoms with E-state index in [4.69, 9.17) is 4.42 Å². The van der Waals surface area contributed by atoms with Gasteiger partial charge in [-0.15, -0.1) is 0 Å². The minimum atomic E-state index is -0.164. The average molecular weight is 286 g/mol. The second-order valence-electron chi connectivity index (χ2n) is 5.19. The topological polar surface area (TPSA) is 71.3 Å². The van der Waals surface area contributed by atoms with Crippen molar-refractivity contribution in [2.75, 3.05) is 18.0 Å². The Morgan fingerprint density at radius 2 is 2.19 bits per heavy atom. The molecule has 0 atom stereocenters. The Morgan fingerprint density at radius 1 is 1.38 bits per heavy atom. The molecule has 1 aliphatic heterocycles. The molecule has 0 aromatic carbocycles. The van der Waals surface area contributed by atoms with E-state index in [0.29, 0.717) is 12.1 Å². The molecule has 0 radical (unpaired) electrons. The van der Waals surface area contributed by atoms with Gasteiger partial charge in [0.2, 0.25) is 5.95 Å². The second kappa shape index (κ2) is 5.95. The van der Waals surface area contributed by atoms with Gasteiger partial charge in [-0.2, -0.15) is 0 Å². The minimum absolute atomic E-state index is 0.164. The fraction of sp³-hybridized carbons (Fsp3) is 0.400. The molecule has 2 aromatic heterocycles. The first-order valence-electron chi connectivity index (χ1n) is 7.12. The van der Waals surface area contributed by atoms with E-state index < -0.39 is 0 Å². The van der Waals surface area contributed by atoms with E-state index in [1.54, 1.807) is 6.07 Å². The van der Waals surface area contributed by atoms with Crippen LogP contribution in [0.2, 0.25) is 0 Å². The van der Waals surface area contributed by atoms with Crippen molar-refractivity contribution in [3.8, 4) is 0 Å². The number of amides is 1. The van der Waals surface area contributed by atoms with Gasteiger partial charge in [0.25, 0.3) is 5.91 Å². The van der Waals surface area contributed by atoms with E-state index >= 15 is 0 Å². The molecule has 1 fully saturated rings. The Kier molecular flexibility index (Phi) is 3.85. The first-order chi connectivity index (χ1) is 10.2. The van der Waals surface area contributed by atoms with Gasteiger partial charge in [0.1, 0.15) is 6.26 Å². The maximum Gasteiger partial charge on any atom is 0.254 e. The van der Waals surface area contributed by atoms with Crippen molar-refractivity contribution in [3.63, 3.8) is 0 Å². The molecule has 0 spiro atoms. The Bertz CT molecular complexity index is 619. The fourth-order valence-corrected chi connectivity index (χ4v) is 2.43. The van der Waals surface area contributed by atoms with Crippen LogP contribution in [0.25, 0.3) is 0 Å². The third kappa shape index (κ3) is 3.21. The van der Waals surface area contributed by atoms with Crippen molar-refractivity contribution in [1.82, 2.24) is 15.3 Å². The molecule has 2 aromatic rings. The maximum absolute atomic E-state index is 11.9. The van der Waals surface area contributed by atoms with Crippen LogP contribution in [-0.4, -0.2) is 29.0 Å². The number of carbonyl (C=O) groups excluding carboxylic acids is 1. The third-order valence-corrected chi connectivity index (χ3v) is 3.50. The Hall–Kier alpha value is -2.37. The summed E-state index contributed by atoms with van der Waals surface area (Å²) >= 11 is 0. The lowest BCUT2D eigenvalue weighted by Gasteiger charge is -2.16. The Morgan fingerprint density at radius 3 is 2.90 bits per heavy atom. The van der Waals surface area contributed by atoms with Crippen molar-refractivity contribution in [2.24, 2.45) is 0 Å². The molecule has 1 saturated heterocycles. The van der Waals surface area contributed by atoms with Crippen LogP contribution in [-0.2, 0) is 6.54 Å². The molecular weight excluding hydrogens is 268 g/mol. The predicted octanol–water partition coefficient (Wildman–Crippen LogP) is 1.91. The van der Waals surface area contributed by atoms with Crippen LogP contribution in [0.15, 0.2) is 29.1 Å². The molecule has 6 nitrogen and oxygen atoms in total. The number of aryl methyl sites for hydroxylation is 1. The molecule has 21 heavy (non-hydrogen) atoms. The van der Waals surface area contributed by atoms with Gasteiger partial charge in [-0.25, -0.2) is 9.97 Å².